The third-order valence-corrected chi connectivity index (χ3v) is 3.80. The zero-order valence-electron chi connectivity index (χ0n) is 15.1. The van der Waals surface area contributed by atoms with Gasteiger partial charge in [0.05, 0.1) is 40.5 Å². The van der Waals surface area contributed by atoms with Crippen molar-refractivity contribution in [1.82, 2.24) is 0 Å². The predicted octanol–water partition coefficient (Wildman–Crippen LogP) is 5.91. The molecule has 0 aliphatic heterocycles. The van der Waals surface area contributed by atoms with E-state index in [1.807, 2.05) is 12.1 Å². The van der Waals surface area contributed by atoms with Crippen LogP contribution in [0.2, 0.25) is 0 Å². The fourth-order valence-corrected chi connectivity index (χ4v) is 2.55. The number of ether oxygens (including phenoxy) is 2. The summed E-state index contributed by atoms with van der Waals surface area (Å²) in [5.74, 6) is 0.539. The largest absolute Gasteiger partial charge is 0.457 e. The summed E-state index contributed by atoms with van der Waals surface area (Å²) in [6, 6.07) is 18.6. The van der Waals surface area contributed by atoms with Crippen molar-refractivity contribution >= 4 is 0 Å². The number of alkyl halides is 3. The molecule has 0 aliphatic carbocycles. The van der Waals surface area contributed by atoms with E-state index >= 15 is 0 Å². The summed E-state index contributed by atoms with van der Waals surface area (Å²) >= 11 is 0. The van der Waals surface area contributed by atoms with Crippen LogP contribution in [-0.2, 0) is 6.18 Å². The number of hydrogen-bond acceptors (Lipinski definition) is 5. The lowest BCUT2D eigenvalue weighted by Crippen LogP contribution is -2.05. The van der Waals surface area contributed by atoms with Gasteiger partial charge in [0.1, 0.15) is 23.0 Å². The molecule has 0 aliphatic rings. The molecule has 0 N–H and O–H groups in total. The van der Waals surface area contributed by atoms with Gasteiger partial charge in [-0.2, -0.15) is 29.0 Å². The van der Waals surface area contributed by atoms with Crippen LogP contribution in [0.1, 0.15) is 22.3 Å². The Labute approximate surface area is 169 Å². The van der Waals surface area contributed by atoms with E-state index < -0.39 is 11.7 Å². The second kappa shape index (κ2) is 8.26. The van der Waals surface area contributed by atoms with Gasteiger partial charge in [0.15, 0.2) is 0 Å². The van der Waals surface area contributed by atoms with Crippen LogP contribution >= 0.6 is 0 Å². The van der Waals surface area contributed by atoms with Crippen LogP contribution in [0.15, 0.2) is 60.7 Å². The van der Waals surface area contributed by atoms with E-state index in [1.54, 1.807) is 18.2 Å². The SMILES string of the molecule is N#Cc1cc(C#N)cc(Oc2cccc(Oc3cc(C#N)cc(C(F)(F)F)c3)c2)c1. The van der Waals surface area contributed by atoms with Crippen molar-refractivity contribution in [2.75, 3.05) is 0 Å². The topological polar surface area (TPSA) is 89.8 Å². The Morgan fingerprint density at radius 2 is 1.07 bits per heavy atom. The van der Waals surface area contributed by atoms with Gasteiger partial charge in [0.25, 0.3) is 0 Å². The van der Waals surface area contributed by atoms with Crippen molar-refractivity contribution in [3.8, 4) is 41.2 Å². The van der Waals surface area contributed by atoms with Gasteiger partial charge in [0, 0.05) is 6.07 Å². The van der Waals surface area contributed by atoms with E-state index in [-0.39, 0.29) is 39.7 Å². The summed E-state index contributed by atoms with van der Waals surface area (Å²) in [7, 11) is 0. The van der Waals surface area contributed by atoms with E-state index in [9.17, 15) is 13.2 Å². The van der Waals surface area contributed by atoms with E-state index in [1.165, 1.54) is 36.4 Å². The maximum absolute atomic E-state index is 13.0. The lowest BCUT2D eigenvalue weighted by Gasteiger charge is -2.12. The normalized spacial score (nSPS) is 10.4. The van der Waals surface area contributed by atoms with E-state index in [0.717, 1.165) is 12.1 Å². The molecule has 5 nitrogen and oxygen atoms in total. The van der Waals surface area contributed by atoms with Crippen LogP contribution < -0.4 is 9.47 Å². The van der Waals surface area contributed by atoms with Crippen molar-refractivity contribution in [3.63, 3.8) is 0 Å². The van der Waals surface area contributed by atoms with Crippen LogP contribution in [0.4, 0.5) is 13.2 Å². The molecule has 3 aromatic carbocycles. The third kappa shape index (κ3) is 4.86. The van der Waals surface area contributed by atoms with Gasteiger partial charge in [-0.1, -0.05) is 6.07 Å². The summed E-state index contributed by atoms with van der Waals surface area (Å²) in [5, 5.41) is 27.1. The molecule has 0 bridgehead atoms. The first-order chi connectivity index (χ1) is 14.3. The highest BCUT2D eigenvalue weighted by molar-refractivity contribution is 5.48. The lowest BCUT2D eigenvalue weighted by molar-refractivity contribution is -0.137. The van der Waals surface area contributed by atoms with Gasteiger partial charge in [0.2, 0.25) is 0 Å². The Balaban J connectivity index is 1.88. The molecule has 0 radical (unpaired) electrons. The molecule has 3 aromatic rings. The van der Waals surface area contributed by atoms with Crippen LogP contribution in [0.5, 0.6) is 23.0 Å². The molecule has 0 fully saturated rings. The Morgan fingerprint density at radius 3 is 1.53 bits per heavy atom. The van der Waals surface area contributed by atoms with Crippen molar-refractivity contribution in [3.05, 3.63) is 82.9 Å². The van der Waals surface area contributed by atoms with E-state index in [0.29, 0.717) is 0 Å². The van der Waals surface area contributed by atoms with E-state index in [4.69, 9.17) is 25.3 Å². The molecule has 0 atom stereocenters. The fourth-order valence-electron chi connectivity index (χ4n) is 2.55. The first-order valence-corrected chi connectivity index (χ1v) is 8.34. The molecule has 0 aromatic heterocycles. The highest BCUT2D eigenvalue weighted by atomic mass is 19.4. The molecule has 0 heterocycles. The highest BCUT2D eigenvalue weighted by Gasteiger charge is 2.31. The fraction of sp³-hybridized carbons (Fsp3) is 0.0455. The minimum atomic E-state index is -4.62. The third-order valence-electron chi connectivity index (χ3n) is 3.80. The Kier molecular flexibility index (Phi) is 5.58. The molecule has 3 rings (SSSR count). The van der Waals surface area contributed by atoms with Crippen LogP contribution in [-0.4, -0.2) is 0 Å². The summed E-state index contributed by atoms with van der Waals surface area (Å²) in [5.41, 5.74) is -0.709. The number of nitriles is 3. The monoisotopic (exact) mass is 405 g/mol. The number of halogens is 3. The second-order valence-corrected chi connectivity index (χ2v) is 6.00. The van der Waals surface area contributed by atoms with Crippen molar-refractivity contribution in [2.24, 2.45) is 0 Å². The summed E-state index contributed by atoms with van der Waals surface area (Å²) in [6.45, 7) is 0. The molecular formula is C22H10F3N3O2. The van der Waals surface area contributed by atoms with E-state index in [2.05, 4.69) is 0 Å². The number of rotatable bonds is 4. The molecule has 0 saturated carbocycles. The number of hydrogen-bond donors (Lipinski definition) is 0. The molecular weight excluding hydrogens is 395 g/mol. The van der Waals surface area contributed by atoms with Gasteiger partial charge in [-0.15, -0.1) is 0 Å². The van der Waals surface area contributed by atoms with Gasteiger partial charge < -0.3 is 9.47 Å². The van der Waals surface area contributed by atoms with Gasteiger partial charge >= 0.3 is 6.18 Å². The highest BCUT2D eigenvalue weighted by Crippen LogP contribution is 2.35. The zero-order valence-corrected chi connectivity index (χ0v) is 15.1. The Hall–Kier alpha value is -4.48. The smallest absolute Gasteiger partial charge is 0.416 e. The molecule has 146 valence electrons. The lowest BCUT2D eigenvalue weighted by atomic mass is 10.1. The van der Waals surface area contributed by atoms with Crippen molar-refractivity contribution in [1.29, 1.82) is 15.8 Å². The Bertz CT molecular complexity index is 1200. The zero-order chi connectivity index (χ0) is 21.7. The average Bonchev–Trinajstić information content (AvgIpc) is 2.72. The maximum Gasteiger partial charge on any atom is 0.416 e. The molecule has 8 heteroatoms. The summed E-state index contributed by atoms with van der Waals surface area (Å²) < 4.78 is 50.2. The first kappa shape index (κ1) is 20.3. The maximum atomic E-state index is 13.0. The van der Waals surface area contributed by atoms with Crippen LogP contribution in [0.25, 0.3) is 0 Å². The minimum Gasteiger partial charge on any atom is -0.457 e. The van der Waals surface area contributed by atoms with Crippen LogP contribution in [0, 0.1) is 34.0 Å². The standard InChI is InChI=1S/C22H10F3N3O2/c23-22(24,25)17-5-16(13-28)8-21(9-17)30-19-3-1-2-18(10-19)29-20-6-14(11-26)4-15(7-20)12-27/h1-10H. The quantitative estimate of drug-likeness (QED) is 0.539. The minimum absolute atomic E-state index is 0.156. The number of nitrogens with zero attached hydrogens (tertiary/aromatic N) is 3. The average molecular weight is 405 g/mol. The van der Waals surface area contributed by atoms with Crippen LogP contribution in [0.3, 0.4) is 0 Å². The predicted molar refractivity (Wildman–Crippen MR) is 98.6 cm³/mol. The van der Waals surface area contributed by atoms with Crippen molar-refractivity contribution < 1.29 is 22.6 Å². The second-order valence-electron chi connectivity index (χ2n) is 6.00. The Morgan fingerprint density at radius 1 is 0.600 bits per heavy atom. The van der Waals surface area contributed by atoms with Gasteiger partial charge in [-0.25, -0.2) is 0 Å². The van der Waals surface area contributed by atoms with Gasteiger partial charge in [-0.05, 0) is 48.5 Å². The molecule has 0 saturated heterocycles. The van der Waals surface area contributed by atoms with Crippen molar-refractivity contribution in [2.45, 2.75) is 6.18 Å². The summed E-state index contributed by atoms with van der Waals surface area (Å²) in [6.07, 6.45) is -4.62. The number of benzene rings is 3. The first-order valence-electron chi connectivity index (χ1n) is 8.34. The molecule has 0 spiro atoms. The summed E-state index contributed by atoms with van der Waals surface area (Å²) in [4.78, 5) is 0. The molecule has 0 amide bonds. The molecule has 0 unspecified atom stereocenters. The molecule has 30 heavy (non-hydrogen) atoms. The van der Waals surface area contributed by atoms with Gasteiger partial charge in [-0.3, -0.25) is 0 Å².